The largest absolute Gasteiger partial charge is 0.395 e. The molecule has 72 valence electrons. The van der Waals surface area contributed by atoms with E-state index in [2.05, 4.69) is 5.32 Å². The lowest BCUT2D eigenvalue weighted by Crippen LogP contribution is -2.30. The molecule has 2 unspecified atom stereocenters. The van der Waals surface area contributed by atoms with Crippen molar-refractivity contribution in [2.24, 2.45) is 0 Å². The minimum atomic E-state index is 0.00375. The molecular weight excluding hydrogens is 186 g/mol. The first kappa shape index (κ1) is 9.12. The normalized spacial score (nSPS) is 31.8. The summed E-state index contributed by atoms with van der Waals surface area (Å²) < 4.78 is 5.28. The van der Waals surface area contributed by atoms with Gasteiger partial charge >= 0.3 is 0 Å². The van der Waals surface area contributed by atoms with Crippen molar-refractivity contribution in [2.45, 2.75) is 17.9 Å². The van der Waals surface area contributed by atoms with Gasteiger partial charge in [-0.25, -0.2) is 0 Å². The summed E-state index contributed by atoms with van der Waals surface area (Å²) in [7, 11) is 1.69. The zero-order valence-electron chi connectivity index (χ0n) is 7.49. The van der Waals surface area contributed by atoms with Gasteiger partial charge in [-0.2, -0.15) is 0 Å². The summed E-state index contributed by atoms with van der Waals surface area (Å²) in [6, 6.07) is 0. The third kappa shape index (κ3) is 1.61. The van der Waals surface area contributed by atoms with Crippen molar-refractivity contribution >= 4 is 11.8 Å². The molecule has 0 saturated heterocycles. The zero-order chi connectivity index (χ0) is 9.26. The number of aliphatic hydroxyl groups is 1. The second kappa shape index (κ2) is 3.74. The van der Waals surface area contributed by atoms with Gasteiger partial charge in [0.2, 0.25) is 0 Å². The van der Waals surface area contributed by atoms with Crippen LogP contribution >= 0.6 is 11.8 Å². The minimum absolute atomic E-state index is 0.00375. The summed E-state index contributed by atoms with van der Waals surface area (Å²) in [4.78, 5) is 1.25. The maximum Gasteiger partial charge on any atom is 0.150 e. The van der Waals surface area contributed by atoms with Crippen molar-refractivity contribution in [3.05, 3.63) is 22.8 Å². The van der Waals surface area contributed by atoms with Crippen LogP contribution in [0.5, 0.6) is 0 Å². The van der Waals surface area contributed by atoms with E-state index in [1.54, 1.807) is 18.9 Å². The number of ether oxygens (including phenoxy) is 1. The van der Waals surface area contributed by atoms with E-state index in [9.17, 15) is 0 Å². The van der Waals surface area contributed by atoms with Crippen LogP contribution in [-0.4, -0.2) is 30.3 Å². The molecule has 4 heteroatoms. The molecule has 2 atom stereocenters. The maximum atomic E-state index is 9.04. The number of methoxy groups -OCH3 is 1. The number of aliphatic hydroxyl groups excluding tert-OH is 1. The molecule has 0 fully saturated rings. The van der Waals surface area contributed by atoms with E-state index in [0.717, 1.165) is 6.42 Å². The van der Waals surface area contributed by atoms with Crippen LogP contribution in [0, 0.1) is 0 Å². The van der Waals surface area contributed by atoms with Crippen LogP contribution < -0.4 is 5.32 Å². The van der Waals surface area contributed by atoms with Crippen LogP contribution in [-0.2, 0) is 4.74 Å². The van der Waals surface area contributed by atoms with Crippen molar-refractivity contribution in [1.29, 1.82) is 0 Å². The average molecular weight is 199 g/mol. The first-order valence-corrected chi connectivity index (χ1v) is 5.19. The fourth-order valence-corrected chi connectivity index (χ4v) is 2.83. The summed E-state index contributed by atoms with van der Waals surface area (Å²) in [6.45, 7) is 0.238. The number of nitrogens with one attached hydrogen (secondary N) is 1. The van der Waals surface area contributed by atoms with Gasteiger partial charge in [0.1, 0.15) is 0 Å². The van der Waals surface area contributed by atoms with E-state index >= 15 is 0 Å². The molecule has 2 heterocycles. The molecule has 0 aromatic heterocycles. The summed E-state index contributed by atoms with van der Waals surface area (Å²) >= 11 is 1.74. The van der Waals surface area contributed by atoms with Crippen molar-refractivity contribution < 1.29 is 9.84 Å². The molecule has 2 rings (SSSR count). The van der Waals surface area contributed by atoms with Crippen LogP contribution in [0.1, 0.15) is 6.42 Å². The average Bonchev–Trinajstić information content (AvgIpc) is 2.59. The van der Waals surface area contributed by atoms with Gasteiger partial charge in [0, 0.05) is 17.3 Å². The lowest BCUT2D eigenvalue weighted by atomic mass is 10.1. The number of rotatable bonds is 2. The van der Waals surface area contributed by atoms with E-state index in [1.165, 1.54) is 10.5 Å². The lowest BCUT2D eigenvalue weighted by Gasteiger charge is -2.20. The van der Waals surface area contributed by atoms with Gasteiger partial charge in [-0.15, -0.1) is 11.8 Å². The number of hydrogen-bond donors (Lipinski definition) is 2. The van der Waals surface area contributed by atoms with Crippen LogP contribution in [0.4, 0.5) is 0 Å². The van der Waals surface area contributed by atoms with E-state index in [0.29, 0.717) is 5.25 Å². The summed E-state index contributed by atoms with van der Waals surface area (Å²) in [6.07, 6.45) is 4.88. The van der Waals surface area contributed by atoms with Gasteiger partial charge in [0.25, 0.3) is 0 Å². The van der Waals surface area contributed by atoms with Gasteiger partial charge in [-0.3, -0.25) is 0 Å². The predicted octanol–water partition coefficient (Wildman–Crippen LogP) is 0.828. The molecule has 13 heavy (non-hydrogen) atoms. The molecule has 0 aromatic carbocycles. The Balaban J connectivity index is 2.14. The molecule has 0 radical (unpaired) electrons. The number of thioether (sulfide) groups is 1. The molecule has 0 aliphatic carbocycles. The monoisotopic (exact) mass is 199 g/mol. The third-order valence-electron chi connectivity index (χ3n) is 2.30. The van der Waals surface area contributed by atoms with E-state index in [-0.39, 0.29) is 12.8 Å². The summed E-state index contributed by atoms with van der Waals surface area (Å²) in [5, 5.41) is 12.5. The number of allylic oxidation sites excluding steroid dienone is 1. The Morgan fingerprint density at radius 2 is 2.62 bits per heavy atom. The second-order valence-electron chi connectivity index (χ2n) is 3.13. The molecule has 0 amide bonds. The second-order valence-corrected chi connectivity index (χ2v) is 4.47. The fourth-order valence-electron chi connectivity index (χ4n) is 1.65. The van der Waals surface area contributed by atoms with Crippen molar-refractivity contribution in [2.75, 3.05) is 13.7 Å². The fraction of sp³-hybridized carbons (Fsp3) is 0.556. The van der Waals surface area contributed by atoms with E-state index in [4.69, 9.17) is 9.84 Å². The molecule has 0 saturated carbocycles. The first-order valence-electron chi connectivity index (χ1n) is 4.31. The van der Waals surface area contributed by atoms with E-state index in [1.807, 2.05) is 12.3 Å². The Kier molecular flexibility index (Phi) is 2.62. The SMILES string of the molecule is COC1NC=CC2=C1CC(CO)S2. The highest BCUT2D eigenvalue weighted by atomic mass is 32.2. The lowest BCUT2D eigenvalue weighted by molar-refractivity contribution is 0.110. The van der Waals surface area contributed by atoms with Gasteiger partial charge in [0.15, 0.2) is 6.23 Å². The quantitative estimate of drug-likeness (QED) is 0.691. The first-order chi connectivity index (χ1) is 6.35. The maximum absolute atomic E-state index is 9.04. The highest BCUT2D eigenvalue weighted by molar-refractivity contribution is 8.04. The summed E-state index contributed by atoms with van der Waals surface area (Å²) in [5.41, 5.74) is 1.27. The van der Waals surface area contributed by atoms with Gasteiger partial charge in [-0.05, 0) is 24.3 Å². The van der Waals surface area contributed by atoms with E-state index < -0.39 is 0 Å². The van der Waals surface area contributed by atoms with Crippen LogP contribution in [0.3, 0.4) is 0 Å². The Morgan fingerprint density at radius 1 is 1.77 bits per heavy atom. The highest BCUT2D eigenvalue weighted by Gasteiger charge is 2.29. The molecular formula is C9H13NO2S. The van der Waals surface area contributed by atoms with Crippen LogP contribution in [0.15, 0.2) is 22.8 Å². The number of hydrogen-bond acceptors (Lipinski definition) is 4. The molecule has 2 N–H and O–H groups in total. The van der Waals surface area contributed by atoms with Crippen LogP contribution in [0.2, 0.25) is 0 Å². The Hall–Kier alpha value is -0.450. The highest BCUT2D eigenvalue weighted by Crippen LogP contribution is 2.41. The van der Waals surface area contributed by atoms with Crippen molar-refractivity contribution in [3.63, 3.8) is 0 Å². The van der Waals surface area contributed by atoms with Gasteiger partial charge < -0.3 is 15.2 Å². The number of dihydropyridines is 1. The van der Waals surface area contributed by atoms with Gasteiger partial charge in [0.05, 0.1) is 6.61 Å². The molecule has 2 aliphatic heterocycles. The molecule has 2 aliphatic rings. The van der Waals surface area contributed by atoms with Gasteiger partial charge in [-0.1, -0.05) is 0 Å². The standard InChI is InChI=1S/C9H13NO2S/c1-12-9-7-4-6(5-11)13-8(7)2-3-10-9/h2-3,6,9-11H,4-5H2,1H3. The molecule has 0 spiro atoms. The smallest absolute Gasteiger partial charge is 0.150 e. The topological polar surface area (TPSA) is 41.5 Å². The molecule has 0 aromatic rings. The van der Waals surface area contributed by atoms with Crippen molar-refractivity contribution in [1.82, 2.24) is 5.32 Å². The summed E-state index contributed by atoms with van der Waals surface area (Å²) in [5.74, 6) is 0. The Labute approximate surface area is 81.8 Å². The Bertz CT molecular complexity index is 262. The third-order valence-corrected chi connectivity index (χ3v) is 3.60. The molecule has 0 bridgehead atoms. The predicted molar refractivity (Wildman–Crippen MR) is 53.2 cm³/mol. The minimum Gasteiger partial charge on any atom is -0.395 e. The Morgan fingerprint density at radius 3 is 3.31 bits per heavy atom. The zero-order valence-corrected chi connectivity index (χ0v) is 8.30. The van der Waals surface area contributed by atoms with Crippen LogP contribution in [0.25, 0.3) is 0 Å². The van der Waals surface area contributed by atoms with Crippen molar-refractivity contribution in [3.8, 4) is 0 Å². The molecule has 3 nitrogen and oxygen atoms in total.